The average molecular weight is 505 g/mol. The van der Waals surface area contributed by atoms with Gasteiger partial charge in [-0.05, 0) is 66.9 Å². The molecular formula is C29H28O8. The third kappa shape index (κ3) is 7.35. The zero-order valence-electron chi connectivity index (χ0n) is 20.6. The van der Waals surface area contributed by atoms with Crippen molar-refractivity contribution < 1.29 is 38.9 Å². The second kappa shape index (κ2) is 12.1. The monoisotopic (exact) mass is 504 g/mol. The van der Waals surface area contributed by atoms with Gasteiger partial charge in [-0.15, -0.1) is 0 Å². The predicted molar refractivity (Wildman–Crippen MR) is 134 cm³/mol. The van der Waals surface area contributed by atoms with Crippen molar-refractivity contribution >= 4 is 23.5 Å². The lowest BCUT2D eigenvalue weighted by molar-refractivity contribution is -0.136. The van der Waals surface area contributed by atoms with Crippen molar-refractivity contribution in [2.24, 2.45) is 0 Å². The second-order valence-electron chi connectivity index (χ2n) is 8.66. The van der Waals surface area contributed by atoms with Crippen LogP contribution in [0.25, 0.3) is 0 Å². The number of phenols is 1. The molecule has 0 saturated heterocycles. The Labute approximate surface area is 214 Å². The minimum atomic E-state index is -1.66. The topological polar surface area (TPSA) is 127 Å². The Morgan fingerprint density at radius 2 is 0.919 bits per heavy atom. The largest absolute Gasteiger partial charge is 0.508 e. The third-order valence-corrected chi connectivity index (χ3v) is 5.66. The van der Waals surface area contributed by atoms with Gasteiger partial charge < -0.3 is 29.3 Å². The van der Waals surface area contributed by atoms with Crippen molar-refractivity contribution in [1.82, 2.24) is 0 Å². The molecule has 0 heterocycles. The van der Waals surface area contributed by atoms with Crippen LogP contribution in [-0.4, -0.2) is 33.7 Å². The molecule has 0 aromatic heterocycles. The lowest BCUT2D eigenvalue weighted by atomic mass is 9.80. The van der Waals surface area contributed by atoms with Crippen molar-refractivity contribution in [3.05, 3.63) is 89.5 Å². The van der Waals surface area contributed by atoms with E-state index in [0.717, 1.165) is 0 Å². The minimum absolute atomic E-state index is 0.0276. The molecule has 0 atom stereocenters. The van der Waals surface area contributed by atoms with Crippen LogP contribution in [0.1, 0.15) is 56.2 Å². The molecule has 8 heteroatoms. The molecule has 37 heavy (non-hydrogen) atoms. The van der Waals surface area contributed by atoms with E-state index in [0.29, 0.717) is 16.7 Å². The highest BCUT2D eigenvalue weighted by Crippen LogP contribution is 2.38. The van der Waals surface area contributed by atoms with Gasteiger partial charge in [0.15, 0.2) is 0 Å². The average Bonchev–Trinajstić information content (AvgIpc) is 2.87. The summed E-state index contributed by atoms with van der Waals surface area (Å²) < 4.78 is 10.5. The molecule has 0 saturated carbocycles. The van der Waals surface area contributed by atoms with Crippen molar-refractivity contribution in [2.75, 3.05) is 0 Å². The van der Waals surface area contributed by atoms with Gasteiger partial charge in [-0.2, -0.15) is 0 Å². The zero-order chi connectivity index (χ0) is 27.0. The maximum Gasteiger partial charge on any atom is 0.311 e. The van der Waals surface area contributed by atoms with Crippen LogP contribution < -0.4 is 9.47 Å². The molecule has 0 aliphatic rings. The Hall–Kier alpha value is -4.30. The van der Waals surface area contributed by atoms with Gasteiger partial charge in [0.2, 0.25) is 0 Å². The molecule has 0 radical (unpaired) electrons. The fourth-order valence-corrected chi connectivity index (χ4v) is 3.65. The number of rotatable bonds is 11. The summed E-state index contributed by atoms with van der Waals surface area (Å²) in [6.45, 7) is 2.80. The molecule has 0 aliphatic carbocycles. The van der Waals surface area contributed by atoms with Gasteiger partial charge in [0, 0.05) is 12.8 Å². The van der Waals surface area contributed by atoms with E-state index < -0.39 is 17.5 Å². The number of hydrogen-bond acceptors (Lipinski definition) is 8. The minimum Gasteiger partial charge on any atom is -0.508 e. The van der Waals surface area contributed by atoms with Crippen LogP contribution in [0.4, 0.5) is 0 Å². The number of aliphatic hydroxyl groups is 1. The smallest absolute Gasteiger partial charge is 0.311 e. The van der Waals surface area contributed by atoms with Crippen molar-refractivity contribution in [2.45, 2.75) is 45.1 Å². The molecule has 0 aliphatic heterocycles. The summed E-state index contributed by atoms with van der Waals surface area (Å²) in [6.07, 6.45) is 0.138. The highest BCUT2D eigenvalue weighted by atomic mass is 16.5. The van der Waals surface area contributed by atoms with E-state index in [1.807, 2.05) is 0 Å². The summed E-state index contributed by atoms with van der Waals surface area (Å²) in [5.41, 5.74) is -0.300. The number of ketones is 2. The van der Waals surface area contributed by atoms with Crippen LogP contribution in [0.5, 0.6) is 17.2 Å². The summed E-state index contributed by atoms with van der Waals surface area (Å²) >= 11 is 0. The maximum atomic E-state index is 12.0. The van der Waals surface area contributed by atoms with E-state index in [-0.39, 0.29) is 54.5 Å². The Morgan fingerprint density at radius 1 is 0.595 bits per heavy atom. The number of Topliss-reactive ketones (excluding diaryl/α,β-unsaturated/α-hetero) is 2. The lowest BCUT2D eigenvalue weighted by Gasteiger charge is -2.30. The second-order valence-corrected chi connectivity index (χ2v) is 8.66. The number of ether oxygens (including phenoxy) is 2. The van der Waals surface area contributed by atoms with Gasteiger partial charge in [0.05, 0.1) is 12.8 Å². The van der Waals surface area contributed by atoms with Crippen LogP contribution in [0.2, 0.25) is 0 Å². The first-order chi connectivity index (χ1) is 17.6. The fraction of sp³-hybridized carbons (Fsp3) is 0.241. The number of benzene rings is 3. The first-order valence-electron chi connectivity index (χ1n) is 11.7. The van der Waals surface area contributed by atoms with Crippen molar-refractivity contribution in [1.29, 1.82) is 0 Å². The van der Waals surface area contributed by atoms with E-state index in [4.69, 9.17) is 9.47 Å². The van der Waals surface area contributed by atoms with Crippen molar-refractivity contribution in [3.8, 4) is 17.2 Å². The molecule has 0 bridgehead atoms. The first-order valence-corrected chi connectivity index (χ1v) is 11.7. The SMILES string of the molecule is CC(=O)CCC(=O)Oc1ccc(C(O)(c2ccc(O)cc2)c2ccc(OC(=O)CCC(C)=O)cc2)cc1. The van der Waals surface area contributed by atoms with Crippen LogP contribution >= 0.6 is 0 Å². The van der Waals surface area contributed by atoms with E-state index in [1.54, 1.807) is 36.4 Å². The van der Waals surface area contributed by atoms with E-state index in [1.165, 1.54) is 50.2 Å². The molecule has 192 valence electrons. The van der Waals surface area contributed by atoms with Crippen LogP contribution in [0.15, 0.2) is 72.8 Å². The fourth-order valence-electron chi connectivity index (χ4n) is 3.65. The lowest BCUT2D eigenvalue weighted by Crippen LogP contribution is -2.28. The zero-order valence-corrected chi connectivity index (χ0v) is 20.6. The Balaban J connectivity index is 1.88. The van der Waals surface area contributed by atoms with Crippen LogP contribution in [-0.2, 0) is 24.8 Å². The van der Waals surface area contributed by atoms with E-state index >= 15 is 0 Å². The number of carbonyl (C=O) groups is 4. The van der Waals surface area contributed by atoms with Crippen molar-refractivity contribution in [3.63, 3.8) is 0 Å². The highest BCUT2D eigenvalue weighted by Gasteiger charge is 2.34. The highest BCUT2D eigenvalue weighted by molar-refractivity contribution is 5.82. The molecule has 3 rings (SSSR count). The van der Waals surface area contributed by atoms with Gasteiger partial charge in [0.1, 0.15) is 34.4 Å². The van der Waals surface area contributed by atoms with Gasteiger partial charge in [-0.25, -0.2) is 0 Å². The Kier molecular flexibility index (Phi) is 8.92. The molecule has 2 N–H and O–H groups in total. The first kappa shape index (κ1) is 27.3. The molecule has 3 aromatic carbocycles. The number of phenolic OH excluding ortho intramolecular Hbond substituents is 1. The Bertz CT molecular complexity index is 1180. The van der Waals surface area contributed by atoms with E-state index in [2.05, 4.69) is 0 Å². The van der Waals surface area contributed by atoms with Crippen LogP contribution in [0, 0.1) is 0 Å². The predicted octanol–water partition coefficient (Wildman–Crippen LogP) is 4.23. The summed E-state index contributed by atoms with van der Waals surface area (Å²) in [5, 5.41) is 21.7. The molecule has 0 fully saturated rings. The molecule has 0 spiro atoms. The number of esters is 2. The summed E-state index contributed by atoms with van der Waals surface area (Å²) in [7, 11) is 0. The standard InChI is InChI=1S/C29H28O8/c1-19(30)3-17-27(33)36-25-13-7-22(8-14-25)29(35,21-5-11-24(32)12-6-21)23-9-15-26(16-10-23)37-28(34)18-4-20(2)31/h5-16,32,35H,3-4,17-18H2,1-2H3. The number of aromatic hydroxyl groups is 1. The van der Waals surface area contributed by atoms with Gasteiger partial charge in [0.25, 0.3) is 0 Å². The number of hydrogen-bond donors (Lipinski definition) is 2. The summed E-state index contributed by atoms with van der Waals surface area (Å²) in [6, 6.07) is 18.7. The molecule has 3 aromatic rings. The van der Waals surface area contributed by atoms with Gasteiger partial charge in [-0.3, -0.25) is 9.59 Å². The van der Waals surface area contributed by atoms with E-state index in [9.17, 15) is 29.4 Å². The Morgan fingerprint density at radius 3 is 1.24 bits per heavy atom. The molecule has 0 unspecified atom stereocenters. The molecule has 0 amide bonds. The molecular weight excluding hydrogens is 476 g/mol. The maximum absolute atomic E-state index is 12.0. The number of carbonyl (C=O) groups excluding carboxylic acids is 4. The van der Waals surface area contributed by atoms with Gasteiger partial charge in [-0.1, -0.05) is 36.4 Å². The third-order valence-electron chi connectivity index (χ3n) is 5.66. The van der Waals surface area contributed by atoms with Crippen LogP contribution in [0.3, 0.4) is 0 Å². The summed E-state index contributed by atoms with van der Waals surface area (Å²) in [5.74, 6) is -0.732. The normalized spacial score (nSPS) is 11.0. The van der Waals surface area contributed by atoms with Gasteiger partial charge >= 0.3 is 11.9 Å². The summed E-state index contributed by atoms with van der Waals surface area (Å²) in [4.78, 5) is 46.1. The quantitative estimate of drug-likeness (QED) is 0.226. The molecule has 8 nitrogen and oxygen atoms in total.